The molecule has 0 saturated heterocycles. The molecule has 2 aromatic heterocycles. The van der Waals surface area contributed by atoms with E-state index < -0.39 is 5.97 Å². The molecule has 0 radical (unpaired) electrons. The van der Waals surface area contributed by atoms with E-state index in [0.717, 1.165) is 29.3 Å². The Hall–Kier alpha value is -3.41. The Morgan fingerprint density at radius 3 is 2.86 bits per heavy atom. The maximum absolute atomic E-state index is 12.6. The van der Waals surface area contributed by atoms with Gasteiger partial charge in [-0.3, -0.25) is 4.79 Å². The number of hydrogen-bond donors (Lipinski definition) is 2. The molecule has 0 aliphatic heterocycles. The molecule has 0 bridgehead atoms. The summed E-state index contributed by atoms with van der Waals surface area (Å²) in [5, 5.41) is 1.63. The van der Waals surface area contributed by atoms with Gasteiger partial charge in [-0.2, -0.15) is 0 Å². The van der Waals surface area contributed by atoms with Gasteiger partial charge in [0.25, 0.3) is 5.56 Å². The Balaban J connectivity index is 1.40. The van der Waals surface area contributed by atoms with Crippen molar-refractivity contribution in [1.29, 1.82) is 0 Å². The molecule has 0 atom stereocenters. The molecule has 0 saturated carbocycles. The summed E-state index contributed by atoms with van der Waals surface area (Å²) in [6, 6.07) is 11.1. The average molecular weight is 387 g/mol. The standard InChI is InChI=1S/C23H21N3O3/c1-13-5-4-7-16-21(13)25-20(26-22(16)27)12-29-23(28)14-9-10-19-17(11-14)15-6-2-3-8-18(15)24-19/h4-5,7,9-11,24H,2-3,6,8,12H2,1H3,(H,25,26,27). The highest BCUT2D eigenvalue weighted by Crippen LogP contribution is 2.29. The number of hydrogen-bond acceptors (Lipinski definition) is 4. The maximum Gasteiger partial charge on any atom is 0.338 e. The molecule has 2 aromatic carbocycles. The first kappa shape index (κ1) is 17.7. The molecule has 1 aliphatic carbocycles. The van der Waals surface area contributed by atoms with E-state index in [4.69, 9.17) is 4.74 Å². The van der Waals surface area contributed by atoms with E-state index >= 15 is 0 Å². The Morgan fingerprint density at radius 1 is 1.10 bits per heavy atom. The van der Waals surface area contributed by atoms with Gasteiger partial charge >= 0.3 is 5.97 Å². The molecule has 2 heterocycles. The molecule has 1 aliphatic rings. The minimum atomic E-state index is -0.426. The van der Waals surface area contributed by atoms with Crippen molar-refractivity contribution in [3.8, 4) is 0 Å². The van der Waals surface area contributed by atoms with Crippen LogP contribution in [-0.2, 0) is 24.2 Å². The Labute approximate surface area is 166 Å². The summed E-state index contributed by atoms with van der Waals surface area (Å²) in [6.45, 7) is 1.82. The van der Waals surface area contributed by atoms with Crippen LogP contribution < -0.4 is 5.56 Å². The SMILES string of the molecule is Cc1cccc2c(=O)[nH]c(COC(=O)c3ccc4[nH]c5c(c4c3)CCCC5)nc12. The summed E-state index contributed by atoms with van der Waals surface area (Å²) >= 11 is 0. The zero-order valence-electron chi connectivity index (χ0n) is 16.2. The van der Waals surface area contributed by atoms with Crippen LogP contribution in [0.15, 0.2) is 41.2 Å². The number of nitrogens with one attached hydrogen (secondary N) is 2. The number of carbonyl (C=O) groups is 1. The number of nitrogens with zero attached hydrogens (tertiary/aromatic N) is 1. The quantitative estimate of drug-likeness (QED) is 0.521. The summed E-state index contributed by atoms with van der Waals surface area (Å²) in [5.41, 5.74) is 5.47. The lowest BCUT2D eigenvalue weighted by molar-refractivity contribution is 0.0462. The van der Waals surface area contributed by atoms with E-state index in [1.54, 1.807) is 12.1 Å². The Bertz CT molecular complexity index is 1320. The van der Waals surface area contributed by atoms with Gasteiger partial charge in [-0.05, 0) is 68.0 Å². The maximum atomic E-state index is 12.6. The van der Waals surface area contributed by atoms with Gasteiger partial charge in [-0.15, -0.1) is 0 Å². The number of rotatable bonds is 3. The minimum Gasteiger partial charge on any atom is -0.454 e. The molecule has 2 N–H and O–H groups in total. The van der Waals surface area contributed by atoms with E-state index in [9.17, 15) is 9.59 Å². The van der Waals surface area contributed by atoms with Crippen LogP contribution >= 0.6 is 0 Å². The molecule has 0 unspecified atom stereocenters. The van der Waals surface area contributed by atoms with Crippen molar-refractivity contribution in [3.05, 3.63) is 75.0 Å². The second kappa shape index (κ2) is 6.88. The van der Waals surface area contributed by atoms with Gasteiger partial charge in [0.2, 0.25) is 0 Å². The Kier molecular flexibility index (Phi) is 4.19. The molecule has 29 heavy (non-hydrogen) atoms. The summed E-state index contributed by atoms with van der Waals surface area (Å²) in [5.74, 6) is -0.0876. The smallest absolute Gasteiger partial charge is 0.338 e. The van der Waals surface area contributed by atoms with Crippen LogP contribution in [0, 0.1) is 6.92 Å². The monoisotopic (exact) mass is 387 g/mol. The predicted octanol–water partition coefficient (Wildman–Crippen LogP) is 3.95. The molecule has 0 fully saturated rings. The molecule has 146 valence electrons. The van der Waals surface area contributed by atoms with Crippen LogP contribution in [0.1, 0.15) is 45.8 Å². The van der Waals surface area contributed by atoms with Gasteiger partial charge in [0.05, 0.1) is 16.5 Å². The van der Waals surface area contributed by atoms with E-state index in [0.29, 0.717) is 22.3 Å². The largest absolute Gasteiger partial charge is 0.454 e. The number of aromatic nitrogens is 3. The third-order valence-electron chi connectivity index (χ3n) is 5.66. The molecule has 0 spiro atoms. The average Bonchev–Trinajstić information content (AvgIpc) is 3.11. The van der Waals surface area contributed by atoms with Crippen molar-refractivity contribution in [2.24, 2.45) is 0 Å². The van der Waals surface area contributed by atoms with Gasteiger partial charge in [0.15, 0.2) is 0 Å². The molecule has 4 aromatic rings. The fourth-order valence-corrected chi connectivity index (χ4v) is 4.17. The van der Waals surface area contributed by atoms with Gasteiger partial charge < -0.3 is 14.7 Å². The van der Waals surface area contributed by atoms with Crippen molar-refractivity contribution in [1.82, 2.24) is 15.0 Å². The predicted molar refractivity (Wildman–Crippen MR) is 111 cm³/mol. The lowest BCUT2D eigenvalue weighted by atomic mass is 9.95. The number of benzene rings is 2. The summed E-state index contributed by atoms with van der Waals surface area (Å²) in [4.78, 5) is 35.5. The summed E-state index contributed by atoms with van der Waals surface area (Å²) in [7, 11) is 0. The first-order valence-corrected chi connectivity index (χ1v) is 9.89. The highest BCUT2D eigenvalue weighted by Gasteiger charge is 2.17. The van der Waals surface area contributed by atoms with E-state index in [1.807, 2.05) is 31.2 Å². The zero-order valence-corrected chi connectivity index (χ0v) is 16.2. The lowest BCUT2D eigenvalue weighted by Gasteiger charge is -2.10. The van der Waals surface area contributed by atoms with Gasteiger partial charge in [-0.1, -0.05) is 12.1 Å². The molecule has 6 nitrogen and oxygen atoms in total. The first-order chi connectivity index (χ1) is 14.1. The Morgan fingerprint density at radius 2 is 1.97 bits per heavy atom. The van der Waals surface area contributed by atoms with Gasteiger partial charge in [0, 0.05) is 16.6 Å². The van der Waals surface area contributed by atoms with Crippen molar-refractivity contribution in [3.63, 3.8) is 0 Å². The van der Waals surface area contributed by atoms with Crippen LogP contribution in [-0.4, -0.2) is 20.9 Å². The van der Waals surface area contributed by atoms with Crippen LogP contribution in [0.4, 0.5) is 0 Å². The molecule has 6 heteroatoms. The normalized spacial score (nSPS) is 13.6. The zero-order chi connectivity index (χ0) is 20.0. The summed E-state index contributed by atoms with van der Waals surface area (Å²) in [6.07, 6.45) is 4.47. The number of carbonyl (C=O) groups excluding carboxylic acids is 1. The number of aryl methyl sites for hydroxylation is 3. The number of aromatic amines is 2. The third-order valence-corrected chi connectivity index (χ3v) is 5.66. The molecule has 0 amide bonds. The van der Waals surface area contributed by atoms with Crippen molar-refractivity contribution in [2.45, 2.75) is 39.2 Å². The number of para-hydroxylation sites is 1. The highest BCUT2D eigenvalue weighted by molar-refractivity contribution is 5.96. The first-order valence-electron chi connectivity index (χ1n) is 9.89. The molecule has 5 rings (SSSR count). The van der Waals surface area contributed by atoms with Gasteiger partial charge in [-0.25, -0.2) is 9.78 Å². The van der Waals surface area contributed by atoms with Crippen LogP contribution in [0.2, 0.25) is 0 Å². The van der Waals surface area contributed by atoms with Gasteiger partial charge in [0.1, 0.15) is 12.4 Å². The van der Waals surface area contributed by atoms with Crippen LogP contribution in [0.25, 0.3) is 21.8 Å². The summed E-state index contributed by atoms with van der Waals surface area (Å²) < 4.78 is 5.45. The van der Waals surface area contributed by atoms with E-state index in [1.165, 1.54) is 24.1 Å². The lowest BCUT2D eigenvalue weighted by Crippen LogP contribution is -2.15. The third kappa shape index (κ3) is 3.10. The second-order valence-electron chi connectivity index (χ2n) is 7.61. The fourth-order valence-electron chi connectivity index (χ4n) is 4.17. The number of ether oxygens (including phenoxy) is 1. The van der Waals surface area contributed by atoms with Crippen molar-refractivity contribution in [2.75, 3.05) is 0 Å². The topological polar surface area (TPSA) is 87.8 Å². The number of H-pyrrole nitrogens is 2. The fraction of sp³-hybridized carbons (Fsp3) is 0.261. The van der Waals surface area contributed by atoms with Crippen LogP contribution in [0.3, 0.4) is 0 Å². The minimum absolute atomic E-state index is 0.0817. The van der Waals surface area contributed by atoms with Crippen LogP contribution in [0.5, 0.6) is 0 Å². The van der Waals surface area contributed by atoms with E-state index in [2.05, 4.69) is 15.0 Å². The van der Waals surface area contributed by atoms with Crippen molar-refractivity contribution < 1.29 is 9.53 Å². The molecular formula is C23H21N3O3. The highest BCUT2D eigenvalue weighted by atomic mass is 16.5. The van der Waals surface area contributed by atoms with E-state index in [-0.39, 0.29) is 12.2 Å². The second-order valence-corrected chi connectivity index (χ2v) is 7.61. The molecular weight excluding hydrogens is 366 g/mol. The number of fused-ring (bicyclic) bond motifs is 4. The van der Waals surface area contributed by atoms with Crippen molar-refractivity contribution >= 4 is 27.8 Å². The number of esters is 1.